The molecule has 0 saturated carbocycles. The molecule has 1 heterocycles. The third-order valence-electron chi connectivity index (χ3n) is 3.27. The molecule has 2 N–H and O–H groups in total. The van der Waals surface area contributed by atoms with Crippen LogP contribution in [0.2, 0.25) is 0 Å². The number of H-pyrrole nitrogens is 1. The van der Waals surface area contributed by atoms with Gasteiger partial charge in [-0.2, -0.15) is 0 Å². The molecule has 3 aromatic rings. The molecule has 0 aliphatic rings. The number of fused-ring (bicyclic) bond motifs is 1. The molecular formula is C15H12BrN3O2. The van der Waals surface area contributed by atoms with E-state index < -0.39 is 0 Å². The lowest BCUT2D eigenvalue weighted by molar-refractivity contribution is -0.385. The molecule has 21 heavy (non-hydrogen) atoms. The molecule has 2 aromatic carbocycles. The monoisotopic (exact) mass is 345 g/mol. The number of aromatic amines is 1. The molecule has 5 nitrogen and oxygen atoms in total. The van der Waals surface area contributed by atoms with Crippen LogP contribution in [0.1, 0.15) is 5.56 Å². The number of nitro groups is 1. The summed E-state index contributed by atoms with van der Waals surface area (Å²) >= 11 is 3.34. The number of halogens is 1. The van der Waals surface area contributed by atoms with Gasteiger partial charge >= 0.3 is 0 Å². The zero-order valence-corrected chi connectivity index (χ0v) is 12.6. The summed E-state index contributed by atoms with van der Waals surface area (Å²) in [6, 6.07) is 12.9. The highest BCUT2D eigenvalue weighted by atomic mass is 79.9. The minimum absolute atomic E-state index is 0.119. The Morgan fingerprint density at radius 1 is 1.19 bits per heavy atom. The number of aromatic nitrogens is 1. The average Bonchev–Trinajstić information content (AvgIpc) is 2.92. The molecule has 0 aliphatic carbocycles. The molecule has 0 spiro atoms. The van der Waals surface area contributed by atoms with E-state index in [1.807, 2.05) is 30.5 Å². The van der Waals surface area contributed by atoms with E-state index in [2.05, 4.69) is 26.2 Å². The first kappa shape index (κ1) is 13.6. The second-order valence-corrected chi connectivity index (χ2v) is 5.58. The van der Waals surface area contributed by atoms with Crippen molar-refractivity contribution < 1.29 is 4.92 Å². The fraction of sp³-hybridized carbons (Fsp3) is 0.0667. The van der Waals surface area contributed by atoms with Crippen LogP contribution in [-0.4, -0.2) is 9.91 Å². The first-order valence-corrected chi connectivity index (χ1v) is 7.16. The summed E-state index contributed by atoms with van der Waals surface area (Å²) in [6.45, 7) is 0.395. The minimum atomic E-state index is -0.362. The van der Waals surface area contributed by atoms with E-state index >= 15 is 0 Å². The van der Waals surface area contributed by atoms with Gasteiger partial charge in [-0.15, -0.1) is 0 Å². The number of nitrogens with one attached hydrogen (secondary N) is 2. The molecule has 0 radical (unpaired) electrons. The van der Waals surface area contributed by atoms with E-state index in [-0.39, 0.29) is 10.6 Å². The summed E-state index contributed by atoms with van der Waals surface area (Å²) in [7, 11) is 0. The second kappa shape index (κ2) is 5.57. The number of nitro benzene ring substituents is 1. The third-order valence-corrected chi connectivity index (χ3v) is 3.77. The van der Waals surface area contributed by atoms with Crippen molar-refractivity contribution in [3.05, 3.63) is 68.8 Å². The van der Waals surface area contributed by atoms with Gasteiger partial charge in [-0.1, -0.05) is 15.9 Å². The van der Waals surface area contributed by atoms with Crippen molar-refractivity contribution >= 4 is 38.2 Å². The van der Waals surface area contributed by atoms with Crippen LogP contribution in [0, 0.1) is 10.1 Å². The lowest BCUT2D eigenvalue weighted by Crippen LogP contribution is -2.03. The zero-order valence-electron chi connectivity index (χ0n) is 11.0. The maximum atomic E-state index is 11.0. The maximum Gasteiger partial charge on any atom is 0.274 e. The standard InChI is InChI=1S/C15H12BrN3O2/c16-12-1-4-15(19(20)21)11(7-12)9-18-13-2-3-14-10(8-13)5-6-17-14/h1-8,17-18H,9H2. The van der Waals surface area contributed by atoms with Crippen LogP contribution in [0.4, 0.5) is 11.4 Å². The van der Waals surface area contributed by atoms with Crippen molar-refractivity contribution in [3.63, 3.8) is 0 Å². The van der Waals surface area contributed by atoms with Gasteiger partial charge in [-0.05, 0) is 36.4 Å². The van der Waals surface area contributed by atoms with Crippen LogP contribution >= 0.6 is 15.9 Å². The summed E-state index contributed by atoms with van der Waals surface area (Å²) in [5, 5.41) is 15.4. The highest BCUT2D eigenvalue weighted by Gasteiger charge is 2.13. The Kier molecular flexibility index (Phi) is 3.62. The minimum Gasteiger partial charge on any atom is -0.381 e. The Labute approximate surface area is 129 Å². The highest BCUT2D eigenvalue weighted by Crippen LogP contribution is 2.25. The Balaban J connectivity index is 1.83. The van der Waals surface area contributed by atoms with Gasteiger partial charge in [-0.3, -0.25) is 10.1 Å². The van der Waals surface area contributed by atoms with Crippen molar-refractivity contribution in [3.8, 4) is 0 Å². The second-order valence-electron chi connectivity index (χ2n) is 4.66. The van der Waals surface area contributed by atoms with Crippen molar-refractivity contribution in [1.82, 2.24) is 4.98 Å². The van der Waals surface area contributed by atoms with Gasteiger partial charge in [0.1, 0.15) is 0 Å². The van der Waals surface area contributed by atoms with Gasteiger partial charge in [0.15, 0.2) is 0 Å². The quantitative estimate of drug-likeness (QED) is 0.542. The Hall–Kier alpha value is -2.34. The molecule has 106 valence electrons. The third kappa shape index (κ3) is 2.90. The summed E-state index contributed by atoms with van der Waals surface area (Å²) < 4.78 is 0.825. The molecule has 0 atom stereocenters. The van der Waals surface area contributed by atoms with Crippen LogP contribution in [0.25, 0.3) is 10.9 Å². The predicted molar refractivity (Wildman–Crippen MR) is 86.4 cm³/mol. The molecule has 0 amide bonds. The fourth-order valence-electron chi connectivity index (χ4n) is 2.23. The van der Waals surface area contributed by atoms with E-state index in [0.717, 1.165) is 21.1 Å². The zero-order chi connectivity index (χ0) is 14.8. The van der Waals surface area contributed by atoms with Crippen LogP contribution in [0.3, 0.4) is 0 Å². The normalized spacial score (nSPS) is 10.7. The van der Waals surface area contributed by atoms with E-state index in [9.17, 15) is 10.1 Å². The SMILES string of the molecule is O=[N+]([O-])c1ccc(Br)cc1CNc1ccc2[nH]ccc2c1. The Morgan fingerprint density at radius 2 is 2.05 bits per heavy atom. The molecule has 0 unspecified atom stereocenters. The maximum absolute atomic E-state index is 11.0. The first-order chi connectivity index (χ1) is 10.1. The molecule has 0 bridgehead atoms. The van der Waals surface area contributed by atoms with E-state index in [1.54, 1.807) is 12.1 Å². The first-order valence-electron chi connectivity index (χ1n) is 6.37. The fourth-order valence-corrected chi connectivity index (χ4v) is 2.64. The van der Waals surface area contributed by atoms with Gasteiger partial charge in [0.25, 0.3) is 5.69 Å². The predicted octanol–water partition coefficient (Wildman–Crippen LogP) is 4.45. The number of benzene rings is 2. The van der Waals surface area contributed by atoms with Gasteiger partial charge in [0.2, 0.25) is 0 Å². The van der Waals surface area contributed by atoms with Gasteiger partial charge in [0.05, 0.1) is 4.92 Å². The van der Waals surface area contributed by atoms with Crippen LogP contribution < -0.4 is 5.32 Å². The van der Waals surface area contributed by atoms with Gasteiger partial charge in [0, 0.05) is 45.4 Å². The molecule has 1 aromatic heterocycles. The van der Waals surface area contributed by atoms with Gasteiger partial charge in [-0.25, -0.2) is 0 Å². The topological polar surface area (TPSA) is 71.0 Å². The Bertz CT molecular complexity index is 814. The largest absolute Gasteiger partial charge is 0.381 e. The molecule has 3 rings (SSSR count). The summed E-state index contributed by atoms with van der Waals surface area (Å²) in [5.74, 6) is 0. The summed E-state index contributed by atoms with van der Waals surface area (Å²) in [6.07, 6.45) is 1.88. The van der Waals surface area contributed by atoms with Crippen LogP contribution in [0.5, 0.6) is 0 Å². The smallest absolute Gasteiger partial charge is 0.274 e. The molecular weight excluding hydrogens is 334 g/mol. The summed E-state index contributed by atoms with van der Waals surface area (Å²) in [4.78, 5) is 13.8. The van der Waals surface area contributed by atoms with Crippen LogP contribution in [0.15, 0.2) is 53.1 Å². The average molecular weight is 346 g/mol. The van der Waals surface area contributed by atoms with Crippen molar-refractivity contribution in [1.29, 1.82) is 0 Å². The molecule has 0 fully saturated rings. The number of anilines is 1. The van der Waals surface area contributed by atoms with E-state index in [1.165, 1.54) is 6.07 Å². The molecule has 6 heteroatoms. The number of hydrogen-bond donors (Lipinski definition) is 2. The van der Waals surface area contributed by atoms with E-state index in [4.69, 9.17) is 0 Å². The van der Waals surface area contributed by atoms with Crippen molar-refractivity contribution in [2.75, 3.05) is 5.32 Å². The van der Waals surface area contributed by atoms with Gasteiger partial charge < -0.3 is 10.3 Å². The number of rotatable bonds is 4. The van der Waals surface area contributed by atoms with E-state index in [0.29, 0.717) is 12.1 Å². The van der Waals surface area contributed by atoms with Crippen LogP contribution in [-0.2, 0) is 6.54 Å². The van der Waals surface area contributed by atoms with Crippen molar-refractivity contribution in [2.24, 2.45) is 0 Å². The lowest BCUT2D eigenvalue weighted by atomic mass is 10.1. The molecule has 0 aliphatic heterocycles. The molecule has 0 saturated heterocycles. The number of nitrogens with zero attached hydrogens (tertiary/aromatic N) is 1. The lowest BCUT2D eigenvalue weighted by Gasteiger charge is -2.08. The highest BCUT2D eigenvalue weighted by molar-refractivity contribution is 9.10. The summed E-state index contributed by atoms with van der Waals surface area (Å²) in [5.41, 5.74) is 2.75. The van der Waals surface area contributed by atoms with Crippen molar-refractivity contribution in [2.45, 2.75) is 6.54 Å². The Morgan fingerprint density at radius 3 is 2.86 bits per heavy atom. The number of hydrogen-bond acceptors (Lipinski definition) is 3.